The van der Waals surface area contributed by atoms with Crippen molar-refractivity contribution in [2.75, 3.05) is 25.5 Å². The van der Waals surface area contributed by atoms with Gasteiger partial charge in [-0.3, -0.25) is 4.98 Å². The molecule has 0 aliphatic rings. The van der Waals surface area contributed by atoms with E-state index in [9.17, 15) is 0 Å². The SMILES string of the molecule is COc1ccc(-c2cc3ncccc3c(NCCN)n2)cc1. The van der Waals surface area contributed by atoms with Crippen molar-refractivity contribution in [3.8, 4) is 17.0 Å². The van der Waals surface area contributed by atoms with Crippen LogP contribution < -0.4 is 15.8 Å². The molecule has 0 saturated heterocycles. The van der Waals surface area contributed by atoms with Gasteiger partial charge in [0.05, 0.1) is 18.3 Å². The van der Waals surface area contributed by atoms with Crippen molar-refractivity contribution in [3.63, 3.8) is 0 Å². The number of hydrogen-bond acceptors (Lipinski definition) is 5. The number of fused-ring (bicyclic) bond motifs is 1. The highest BCUT2D eigenvalue weighted by Gasteiger charge is 2.08. The molecule has 0 bridgehead atoms. The molecule has 0 aliphatic heterocycles. The van der Waals surface area contributed by atoms with Crippen LogP contribution in [0.15, 0.2) is 48.7 Å². The number of methoxy groups -OCH3 is 1. The standard InChI is InChI=1S/C17H18N4O/c1-22-13-6-4-12(5-7-13)15-11-16-14(3-2-9-19-16)17(21-15)20-10-8-18/h2-7,9,11H,8,10,18H2,1H3,(H,20,21). The van der Waals surface area contributed by atoms with Gasteiger partial charge in [0.2, 0.25) is 0 Å². The molecule has 5 heteroatoms. The second-order valence-corrected chi connectivity index (χ2v) is 4.87. The molecular formula is C17H18N4O. The highest BCUT2D eigenvalue weighted by molar-refractivity contribution is 5.91. The summed E-state index contributed by atoms with van der Waals surface area (Å²) in [5.74, 6) is 1.63. The molecule has 0 aliphatic carbocycles. The number of rotatable bonds is 5. The van der Waals surface area contributed by atoms with Crippen molar-refractivity contribution >= 4 is 16.7 Å². The normalized spacial score (nSPS) is 10.6. The van der Waals surface area contributed by atoms with Gasteiger partial charge in [-0.05, 0) is 42.5 Å². The zero-order valence-electron chi connectivity index (χ0n) is 12.4. The maximum atomic E-state index is 5.58. The summed E-state index contributed by atoms with van der Waals surface area (Å²) in [4.78, 5) is 9.15. The first-order valence-electron chi connectivity index (χ1n) is 7.16. The Morgan fingerprint density at radius 3 is 2.73 bits per heavy atom. The van der Waals surface area contributed by atoms with Crippen molar-refractivity contribution < 1.29 is 4.74 Å². The Bertz CT molecular complexity index is 771. The van der Waals surface area contributed by atoms with Gasteiger partial charge in [0.25, 0.3) is 0 Å². The Hall–Kier alpha value is -2.66. The molecule has 0 unspecified atom stereocenters. The number of nitrogens with two attached hydrogens (primary N) is 1. The van der Waals surface area contributed by atoms with Crippen LogP contribution in [0.5, 0.6) is 5.75 Å². The molecule has 2 aromatic heterocycles. The van der Waals surface area contributed by atoms with Crippen LogP contribution in [0.3, 0.4) is 0 Å². The van der Waals surface area contributed by atoms with Gasteiger partial charge >= 0.3 is 0 Å². The van der Waals surface area contributed by atoms with E-state index in [0.29, 0.717) is 13.1 Å². The van der Waals surface area contributed by atoms with E-state index in [1.165, 1.54) is 0 Å². The molecule has 0 radical (unpaired) electrons. The third-order valence-electron chi connectivity index (χ3n) is 3.42. The first-order chi connectivity index (χ1) is 10.8. The molecule has 0 atom stereocenters. The minimum atomic E-state index is 0.552. The van der Waals surface area contributed by atoms with Gasteiger partial charge in [0.1, 0.15) is 11.6 Å². The Labute approximate surface area is 129 Å². The van der Waals surface area contributed by atoms with E-state index in [1.807, 2.05) is 42.5 Å². The van der Waals surface area contributed by atoms with E-state index < -0.39 is 0 Å². The highest BCUT2D eigenvalue weighted by atomic mass is 16.5. The summed E-state index contributed by atoms with van der Waals surface area (Å²) < 4.78 is 5.19. The first-order valence-corrected chi connectivity index (χ1v) is 7.16. The maximum Gasteiger partial charge on any atom is 0.136 e. The van der Waals surface area contributed by atoms with Crippen LogP contribution in [0, 0.1) is 0 Å². The predicted molar refractivity (Wildman–Crippen MR) is 89.1 cm³/mol. The Balaban J connectivity index is 2.08. The molecule has 0 fully saturated rings. The molecule has 0 saturated carbocycles. The van der Waals surface area contributed by atoms with E-state index in [0.717, 1.165) is 33.7 Å². The van der Waals surface area contributed by atoms with Gasteiger partial charge in [-0.1, -0.05) is 0 Å². The van der Waals surface area contributed by atoms with Crippen molar-refractivity contribution in [1.82, 2.24) is 9.97 Å². The van der Waals surface area contributed by atoms with Crippen LogP contribution in [0.2, 0.25) is 0 Å². The van der Waals surface area contributed by atoms with E-state index >= 15 is 0 Å². The van der Waals surface area contributed by atoms with E-state index in [4.69, 9.17) is 15.5 Å². The molecule has 22 heavy (non-hydrogen) atoms. The minimum absolute atomic E-state index is 0.552. The lowest BCUT2D eigenvalue weighted by Crippen LogP contribution is -2.14. The van der Waals surface area contributed by atoms with Crippen LogP contribution in [0.25, 0.3) is 22.2 Å². The predicted octanol–water partition coefficient (Wildman–Crippen LogP) is 2.68. The second kappa shape index (κ2) is 6.41. The van der Waals surface area contributed by atoms with Gasteiger partial charge < -0.3 is 15.8 Å². The maximum absolute atomic E-state index is 5.58. The summed E-state index contributed by atoms with van der Waals surface area (Å²) in [6.45, 7) is 1.22. The molecule has 2 heterocycles. The lowest BCUT2D eigenvalue weighted by atomic mass is 10.1. The Morgan fingerprint density at radius 1 is 1.18 bits per heavy atom. The highest BCUT2D eigenvalue weighted by Crippen LogP contribution is 2.27. The lowest BCUT2D eigenvalue weighted by Gasteiger charge is -2.11. The average molecular weight is 294 g/mol. The van der Waals surface area contributed by atoms with Crippen LogP contribution in [-0.4, -0.2) is 30.2 Å². The molecule has 0 amide bonds. The first kappa shape index (κ1) is 14.3. The Morgan fingerprint density at radius 2 is 2.00 bits per heavy atom. The van der Waals surface area contributed by atoms with E-state index in [2.05, 4.69) is 10.3 Å². The molecular weight excluding hydrogens is 276 g/mol. The van der Waals surface area contributed by atoms with E-state index in [1.54, 1.807) is 13.3 Å². The van der Waals surface area contributed by atoms with Crippen LogP contribution in [0.4, 0.5) is 5.82 Å². The Kier molecular flexibility index (Phi) is 4.16. The van der Waals surface area contributed by atoms with Crippen molar-refractivity contribution in [2.45, 2.75) is 0 Å². The average Bonchev–Trinajstić information content (AvgIpc) is 2.59. The molecule has 3 N–H and O–H groups in total. The van der Waals surface area contributed by atoms with Gasteiger partial charge in [0, 0.05) is 30.2 Å². The number of anilines is 1. The molecule has 0 spiro atoms. The fourth-order valence-electron chi connectivity index (χ4n) is 2.31. The quantitative estimate of drug-likeness (QED) is 0.757. The summed E-state index contributed by atoms with van der Waals surface area (Å²) in [6.07, 6.45) is 1.78. The van der Waals surface area contributed by atoms with Crippen molar-refractivity contribution in [1.29, 1.82) is 0 Å². The fourth-order valence-corrected chi connectivity index (χ4v) is 2.31. The third kappa shape index (κ3) is 2.84. The smallest absolute Gasteiger partial charge is 0.136 e. The summed E-state index contributed by atoms with van der Waals surface area (Å²) >= 11 is 0. The summed E-state index contributed by atoms with van der Waals surface area (Å²) in [6, 6.07) is 13.7. The minimum Gasteiger partial charge on any atom is -0.497 e. The number of benzene rings is 1. The van der Waals surface area contributed by atoms with Crippen LogP contribution in [0.1, 0.15) is 0 Å². The van der Waals surface area contributed by atoms with Gasteiger partial charge in [-0.2, -0.15) is 0 Å². The largest absolute Gasteiger partial charge is 0.497 e. The topological polar surface area (TPSA) is 73.1 Å². The third-order valence-corrected chi connectivity index (χ3v) is 3.42. The van der Waals surface area contributed by atoms with Crippen molar-refractivity contribution in [2.24, 2.45) is 5.73 Å². The van der Waals surface area contributed by atoms with Crippen LogP contribution >= 0.6 is 0 Å². The van der Waals surface area contributed by atoms with E-state index in [-0.39, 0.29) is 0 Å². The zero-order valence-corrected chi connectivity index (χ0v) is 12.4. The fraction of sp³-hybridized carbons (Fsp3) is 0.176. The van der Waals surface area contributed by atoms with Gasteiger partial charge in [-0.15, -0.1) is 0 Å². The number of aromatic nitrogens is 2. The second-order valence-electron chi connectivity index (χ2n) is 4.87. The summed E-state index contributed by atoms with van der Waals surface area (Å²) in [7, 11) is 1.65. The number of hydrogen-bond donors (Lipinski definition) is 2. The molecule has 3 aromatic rings. The monoisotopic (exact) mass is 294 g/mol. The summed E-state index contributed by atoms with van der Waals surface area (Å²) in [5, 5.41) is 4.26. The molecule has 5 nitrogen and oxygen atoms in total. The summed E-state index contributed by atoms with van der Waals surface area (Å²) in [5.41, 5.74) is 8.37. The number of nitrogens with zero attached hydrogens (tertiary/aromatic N) is 2. The van der Waals surface area contributed by atoms with Crippen LogP contribution in [-0.2, 0) is 0 Å². The molecule has 1 aromatic carbocycles. The lowest BCUT2D eigenvalue weighted by molar-refractivity contribution is 0.415. The van der Waals surface area contributed by atoms with Crippen molar-refractivity contribution in [3.05, 3.63) is 48.7 Å². The zero-order chi connectivity index (χ0) is 15.4. The number of nitrogens with one attached hydrogen (secondary N) is 1. The number of ether oxygens (including phenoxy) is 1. The molecule has 112 valence electrons. The molecule has 3 rings (SSSR count). The number of pyridine rings is 2. The van der Waals surface area contributed by atoms with Gasteiger partial charge in [-0.25, -0.2) is 4.98 Å². The van der Waals surface area contributed by atoms with Gasteiger partial charge in [0.15, 0.2) is 0 Å².